The van der Waals surface area contributed by atoms with Crippen molar-refractivity contribution in [3.8, 4) is 0 Å². The van der Waals surface area contributed by atoms with Crippen LogP contribution >= 0.6 is 0 Å². The van der Waals surface area contributed by atoms with Gasteiger partial charge in [-0.05, 0) is 61.3 Å². The molecule has 2 aromatic rings. The molecular formula is C19H24N2. The third kappa shape index (κ3) is 3.52. The lowest BCUT2D eigenvalue weighted by atomic mass is 9.96. The van der Waals surface area contributed by atoms with Crippen LogP contribution in [0.2, 0.25) is 0 Å². The van der Waals surface area contributed by atoms with Gasteiger partial charge in [-0.25, -0.2) is 0 Å². The third-order valence-corrected chi connectivity index (χ3v) is 4.45. The van der Waals surface area contributed by atoms with Gasteiger partial charge >= 0.3 is 0 Å². The van der Waals surface area contributed by atoms with Gasteiger partial charge in [0, 0.05) is 6.04 Å². The number of fused-ring (bicyclic) bond motifs is 1. The Morgan fingerprint density at radius 1 is 1.00 bits per heavy atom. The van der Waals surface area contributed by atoms with E-state index in [1.165, 1.54) is 41.5 Å². The molecule has 0 radical (unpaired) electrons. The Balaban J connectivity index is 1.69. The molecule has 21 heavy (non-hydrogen) atoms. The van der Waals surface area contributed by atoms with Crippen molar-refractivity contribution in [2.75, 3.05) is 0 Å². The largest absolute Gasteiger partial charge is 0.271 e. The summed E-state index contributed by atoms with van der Waals surface area (Å²) < 4.78 is 0. The number of hydrogen-bond acceptors (Lipinski definition) is 2. The van der Waals surface area contributed by atoms with Gasteiger partial charge in [0.15, 0.2) is 0 Å². The van der Waals surface area contributed by atoms with Gasteiger partial charge in [0.2, 0.25) is 0 Å². The highest BCUT2D eigenvalue weighted by Crippen LogP contribution is 2.23. The number of hydrogen-bond donors (Lipinski definition) is 2. The van der Waals surface area contributed by atoms with Gasteiger partial charge in [0.25, 0.3) is 0 Å². The molecule has 2 aromatic carbocycles. The lowest BCUT2D eigenvalue weighted by molar-refractivity contribution is 0.522. The molecule has 0 saturated heterocycles. The van der Waals surface area contributed by atoms with Crippen LogP contribution < -0.4 is 11.3 Å². The molecular weight excluding hydrogens is 256 g/mol. The van der Waals surface area contributed by atoms with Crippen LogP contribution in [-0.2, 0) is 25.7 Å². The zero-order chi connectivity index (χ0) is 14.7. The highest BCUT2D eigenvalue weighted by atomic mass is 15.2. The van der Waals surface area contributed by atoms with Crippen molar-refractivity contribution in [2.24, 2.45) is 5.84 Å². The normalized spacial score (nSPS) is 15.0. The number of nitrogens with two attached hydrogens (primary N) is 1. The van der Waals surface area contributed by atoms with E-state index >= 15 is 0 Å². The van der Waals surface area contributed by atoms with Crippen LogP contribution in [0, 0.1) is 6.92 Å². The maximum Gasteiger partial charge on any atom is 0.0291 e. The minimum absolute atomic E-state index is 0.284. The summed E-state index contributed by atoms with van der Waals surface area (Å²) in [5, 5.41) is 0. The molecule has 2 heteroatoms. The van der Waals surface area contributed by atoms with Gasteiger partial charge in [0.05, 0.1) is 0 Å². The minimum atomic E-state index is 0.284. The molecule has 0 amide bonds. The maximum atomic E-state index is 5.77. The van der Waals surface area contributed by atoms with E-state index in [1.807, 2.05) is 0 Å². The Bertz CT molecular complexity index is 619. The first kappa shape index (κ1) is 14.3. The summed E-state index contributed by atoms with van der Waals surface area (Å²) >= 11 is 0. The average Bonchev–Trinajstić information content (AvgIpc) is 2.94. The standard InChI is InChI=1S/C19H24N2/c1-14-4-2-5-15(10-14)12-19(21-20)13-16-8-9-17-6-3-7-18(17)11-16/h2,4-5,8-11,19,21H,3,6-7,12-13,20H2,1H3. The molecule has 0 spiro atoms. The maximum absolute atomic E-state index is 5.77. The van der Waals surface area contributed by atoms with Crippen LogP contribution in [0.15, 0.2) is 42.5 Å². The first-order valence-electron chi connectivity index (χ1n) is 7.87. The highest BCUT2D eigenvalue weighted by Gasteiger charge is 2.13. The Morgan fingerprint density at radius 2 is 1.76 bits per heavy atom. The van der Waals surface area contributed by atoms with Crippen molar-refractivity contribution in [1.29, 1.82) is 0 Å². The molecule has 1 unspecified atom stereocenters. The number of aryl methyl sites for hydroxylation is 3. The van der Waals surface area contributed by atoms with Crippen molar-refractivity contribution < 1.29 is 0 Å². The molecule has 1 atom stereocenters. The van der Waals surface area contributed by atoms with Crippen molar-refractivity contribution in [1.82, 2.24) is 5.43 Å². The summed E-state index contributed by atoms with van der Waals surface area (Å²) in [7, 11) is 0. The van der Waals surface area contributed by atoms with E-state index in [1.54, 1.807) is 5.56 Å². The molecule has 0 saturated carbocycles. The molecule has 1 aliphatic rings. The van der Waals surface area contributed by atoms with Crippen molar-refractivity contribution in [3.05, 3.63) is 70.3 Å². The lowest BCUT2D eigenvalue weighted by Gasteiger charge is -2.17. The van der Waals surface area contributed by atoms with Crippen LogP contribution in [0.25, 0.3) is 0 Å². The second kappa shape index (κ2) is 6.42. The summed E-state index contributed by atoms with van der Waals surface area (Å²) in [4.78, 5) is 0. The summed E-state index contributed by atoms with van der Waals surface area (Å²) in [5.74, 6) is 5.77. The molecule has 3 N–H and O–H groups in total. The topological polar surface area (TPSA) is 38.0 Å². The van der Waals surface area contributed by atoms with Gasteiger partial charge in [-0.3, -0.25) is 11.3 Å². The molecule has 0 heterocycles. The second-order valence-electron chi connectivity index (χ2n) is 6.22. The molecule has 2 nitrogen and oxygen atoms in total. The van der Waals surface area contributed by atoms with Crippen molar-refractivity contribution in [2.45, 2.75) is 45.1 Å². The van der Waals surface area contributed by atoms with E-state index in [-0.39, 0.29) is 6.04 Å². The Labute approximate surface area is 127 Å². The number of rotatable bonds is 5. The summed E-state index contributed by atoms with van der Waals surface area (Å²) in [6.45, 7) is 2.13. The minimum Gasteiger partial charge on any atom is -0.271 e. The van der Waals surface area contributed by atoms with Crippen LogP contribution in [0.1, 0.15) is 34.2 Å². The molecule has 0 aromatic heterocycles. The molecule has 1 aliphatic carbocycles. The number of hydrazine groups is 1. The lowest BCUT2D eigenvalue weighted by Crippen LogP contribution is -2.38. The monoisotopic (exact) mass is 280 g/mol. The van der Waals surface area contributed by atoms with Crippen molar-refractivity contribution >= 4 is 0 Å². The van der Waals surface area contributed by atoms with Gasteiger partial charge in [-0.1, -0.05) is 48.0 Å². The van der Waals surface area contributed by atoms with E-state index in [0.29, 0.717) is 0 Å². The van der Waals surface area contributed by atoms with E-state index in [9.17, 15) is 0 Å². The quantitative estimate of drug-likeness (QED) is 0.652. The second-order valence-corrected chi connectivity index (χ2v) is 6.22. The highest BCUT2D eigenvalue weighted by molar-refractivity contribution is 5.35. The zero-order valence-electron chi connectivity index (χ0n) is 12.7. The van der Waals surface area contributed by atoms with Gasteiger partial charge < -0.3 is 0 Å². The number of benzene rings is 2. The van der Waals surface area contributed by atoms with E-state index < -0.39 is 0 Å². The van der Waals surface area contributed by atoms with Crippen molar-refractivity contribution in [3.63, 3.8) is 0 Å². The predicted molar refractivity (Wildman–Crippen MR) is 88.2 cm³/mol. The Hall–Kier alpha value is -1.64. The zero-order valence-corrected chi connectivity index (χ0v) is 12.7. The van der Waals surface area contributed by atoms with Gasteiger partial charge in [-0.15, -0.1) is 0 Å². The molecule has 0 fully saturated rings. The molecule has 0 aliphatic heterocycles. The fourth-order valence-corrected chi connectivity index (χ4v) is 3.35. The third-order valence-electron chi connectivity index (χ3n) is 4.45. The first-order chi connectivity index (χ1) is 10.2. The predicted octanol–water partition coefficient (Wildman–Crippen LogP) is 3.10. The van der Waals surface area contributed by atoms with Crippen LogP contribution in [0.3, 0.4) is 0 Å². The summed E-state index contributed by atoms with van der Waals surface area (Å²) in [5.41, 5.74) is 10.1. The van der Waals surface area contributed by atoms with Gasteiger partial charge in [-0.2, -0.15) is 0 Å². The average molecular weight is 280 g/mol. The fourth-order valence-electron chi connectivity index (χ4n) is 3.35. The van der Waals surface area contributed by atoms with Gasteiger partial charge in [0.1, 0.15) is 0 Å². The summed E-state index contributed by atoms with van der Waals surface area (Å²) in [6.07, 6.45) is 5.74. The van der Waals surface area contributed by atoms with Crippen LogP contribution in [-0.4, -0.2) is 6.04 Å². The van der Waals surface area contributed by atoms with Crippen LogP contribution in [0.5, 0.6) is 0 Å². The fraction of sp³-hybridized carbons (Fsp3) is 0.368. The molecule has 0 bridgehead atoms. The molecule has 110 valence electrons. The summed E-state index contributed by atoms with van der Waals surface area (Å²) in [6, 6.07) is 15.9. The Morgan fingerprint density at radius 3 is 2.52 bits per heavy atom. The van der Waals surface area contributed by atoms with Crippen LogP contribution in [0.4, 0.5) is 0 Å². The Kier molecular flexibility index (Phi) is 4.37. The van der Waals surface area contributed by atoms with E-state index in [0.717, 1.165) is 12.8 Å². The van der Waals surface area contributed by atoms with E-state index in [4.69, 9.17) is 5.84 Å². The smallest absolute Gasteiger partial charge is 0.0291 e. The van der Waals surface area contributed by atoms with E-state index in [2.05, 4.69) is 54.8 Å². The first-order valence-corrected chi connectivity index (χ1v) is 7.87. The SMILES string of the molecule is Cc1cccc(CC(Cc2ccc3c(c2)CCC3)NN)c1. The number of nitrogens with one attached hydrogen (secondary N) is 1. The molecule has 3 rings (SSSR count).